The van der Waals surface area contributed by atoms with Crippen molar-refractivity contribution in [3.8, 4) is 0 Å². The summed E-state index contributed by atoms with van der Waals surface area (Å²) in [5, 5.41) is 0. The van der Waals surface area contributed by atoms with E-state index >= 15 is 0 Å². The molecule has 0 spiro atoms. The van der Waals surface area contributed by atoms with Crippen LogP contribution in [0.4, 0.5) is 0 Å². The zero-order valence-electron chi connectivity index (χ0n) is 12.3. The molecule has 1 aliphatic heterocycles. The van der Waals surface area contributed by atoms with Gasteiger partial charge in [-0.3, -0.25) is 9.59 Å². The van der Waals surface area contributed by atoms with Gasteiger partial charge in [0.05, 0.1) is 32.8 Å². The fraction of sp³-hybridized carbons (Fsp3) is 0.500. The van der Waals surface area contributed by atoms with Crippen molar-refractivity contribution in [2.75, 3.05) is 26.9 Å². The smallest absolute Gasteiger partial charge is 0.306 e. The van der Waals surface area contributed by atoms with Crippen LogP contribution in [0.25, 0.3) is 0 Å². The largest absolute Gasteiger partial charge is 0.469 e. The van der Waals surface area contributed by atoms with Gasteiger partial charge in [0.2, 0.25) is 5.91 Å². The third kappa shape index (κ3) is 4.56. The van der Waals surface area contributed by atoms with E-state index in [1.54, 1.807) is 0 Å². The molecule has 1 aliphatic rings. The predicted molar refractivity (Wildman–Crippen MR) is 77.7 cm³/mol. The summed E-state index contributed by atoms with van der Waals surface area (Å²) < 4.78 is 10.1. The molecule has 0 N–H and O–H groups in total. The SMILES string of the molecule is COC(=O)CCC(=O)N1CCOCC1Cc1ccccc1. The maximum absolute atomic E-state index is 12.3. The van der Waals surface area contributed by atoms with Gasteiger partial charge in [-0.15, -0.1) is 0 Å². The van der Waals surface area contributed by atoms with Crippen LogP contribution in [0.3, 0.4) is 0 Å². The third-order valence-electron chi connectivity index (χ3n) is 3.63. The molecule has 2 rings (SSSR count). The highest BCUT2D eigenvalue weighted by Crippen LogP contribution is 2.15. The summed E-state index contributed by atoms with van der Waals surface area (Å²) in [6.45, 7) is 1.67. The molecule has 5 nitrogen and oxygen atoms in total. The minimum absolute atomic E-state index is 0.00960. The molecule has 1 unspecified atom stereocenters. The first-order valence-electron chi connectivity index (χ1n) is 7.18. The van der Waals surface area contributed by atoms with Gasteiger partial charge in [-0.25, -0.2) is 0 Å². The number of hydrogen-bond donors (Lipinski definition) is 0. The van der Waals surface area contributed by atoms with Crippen LogP contribution in [-0.2, 0) is 25.5 Å². The van der Waals surface area contributed by atoms with Crippen molar-refractivity contribution < 1.29 is 19.1 Å². The second kappa shape index (κ2) is 7.78. The van der Waals surface area contributed by atoms with E-state index in [4.69, 9.17) is 4.74 Å². The van der Waals surface area contributed by atoms with Crippen molar-refractivity contribution in [2.24, 2.45) is 0 Å². The lowest BCUT2D eigenvalue weighted by Gasteiger charge is -2.36. The molecule has 0 aliphatic carbocycles. The van der Waals surface area contributed by atoms with Crippen LogP contribution >= 0.6 is 0 Å². The van der Waals surface area contributed by atoms with Gasteiger partial charge in [0.1, 0.15) is 0 Å². The maximum Gasteiger partial charge on any atom is 0.306 e. The van der Waals surface area contributed by atoms with Gasteiger partial charge in [-0.1, -0.05) is 30.3 Å². The number of ether oxygens (including phenoxy) is 2. The Labute approximate surface area is 124 Å². The van der Waals surface area contributed by atoms with E-state index in [-0.39, 0.29) is 30.8 Å². The number of hydrogen-bond acceptors (Lipinski definition) is 4. The van der Waals surface area contributed by atoms with Crippen molar-refractivity contribution in [1.29, 1.82) is 0 Å². The van der Waals surface area contributed by atoms with Gasteiger partial charge < -0.3 is 14.4 Å². The van der Waals surface area contributed by atoms with Gasteiger partial charge in [0.25, 0.3) is 0 Å². The monoisotopic (exact) mass is 291 g/mol. The molecule has 1 aromatic carbocycles. The highest BCUT2D eigenvalue weighted by Gasteiger charge is 2.27. The molecule has 0 aromatic heterocycles. The Hall–Kier alpha value is -1.88. The molecule has 1 fully saturated rings. The number of nitrogens with zero attached hydrogens (tertiary/aromatic N) is 1. The van der Waals surface area contributed by atoms with Gasteiger partial charge in [-0.2, -0.15) is 0 Å². The Morgan fingerprint density at radius 3 is 2.76 bits per heavy atom. The van der Waals surface area contributed by atoms with Crippen molar-refractivity contribution in [3.63, 3.8) is 0 Å². The topological polar surface area (TPSA) is 55.8 Å². The Morgan fingerprint density at radius 1 is 1.29 bits per heavy atom. The number of rotatable bonds is 5. The van der Waals surface area contributed by atoms with Gasteiger partial charge >= 0.3 is 5.97 Å². The average Bonchev–Trinajstić information content (AvgIpc) is 2.53. The molecule has 1 heterocycles. The van der Waals surface area contributed by atoms with Crippen LogP contribution < -0.4 is 0 Å². The molecule has 0 bridgehead atoms. The van der Waals surface area contributed by atoms with E-state index in [0.29, 0.717) is 19.8 Å². The Morgan fingerprint density at radius 2 is 2.05 bits per heavy atom. The lowest BCUT2D eigenvalue weighted by atomic mass is 10.0. The van der Waals surface area contributed by atoms with E-state index in [0.717, 1.165) is 6.42 Å². The predicted octanol–water partition coefficient (Wildman–Crippen LogP) is 1.41. The van der Waals surface area contributed by atoms with Crippen LogP contribution in [0.15, 0.2) is 30.3 Å². The van der Waals surface area contributed by atoms with E-state index in [1.807, 2.05) is 35.2 Å². The molecule has 114 valence electrons. The van der Waals surface area contributed by atoms with E-state index in [1.165, 1.54) is 12.7 Å². The van der Waals surface area contributed by atoms with Gasteiger partial charge in [0, 0.05) is 13.0 Å². The first-order chi connectivity index (χ1) is 10.2. The minimum Gasteiger partial charge on any atom is -0.469 e. The molecular weight excluding hydrogens is 270 g/mol. The number of carbonyl (C=O) groups excluding carboxylic acids is 2. The summed E-state index contributed by atoms with van der Waals surface area (Å²) in [6, 6.07) is 10.1. The van der Waals surface area contributed by atoms with Crippen LogP contribution in [0, 0.1) is 0 Å². The van der Waals surface area contributed by atoms with Crippen molar-refractivity contribution in [1.82, 2.24) is 4.90 Å². The maximum atomic E-state index is 12.3. The molecule has 1 aromatic rings. The summed E-state index contributed by atoms with van der Waals surface area (Å²) in [5.41, 5.74) is 1.18. The number of carbonyl (C=O) groups is 2. The zero-order valence-corrected chi connectivity index (χ0v) is 12.3. The summed E-state index contributed by atoms with van der Waals surface area (Å²) in [7, 11) is 1.33. The summed E-state index contributed by atoms with van der Waals surface area (Å²) >= 11 is 0. The van der Waals surface area contributed by atoms with E-state index < -0.39 is 0 Å². The highest BCUT2D eigenvalue weighted by atomic mass is 16.5. The van der Waals surface area contributed by atoms with E-state index in [9.17, 15) is 9.59 Å². The molecule has 1 amide bonds. The second-order valence-corrected chi connectivity index (χ2v) is 5.08. The van der Waals surface area contributed by atoms with Gasteiger partial charge in [0.15, 0.2) is 0 Å². The normalized spacial score (nSPS) is 18.3. The van der Waals surface area contributed by atoms with Gasteiger partial charge in [-0.05, 0) is 12.0 Å². The average molecular weight is 291 g/mol. The van der Waals surface area contributed by atoms with Crippen molar-refractivity contribution >= 4 is 11.9 Å². The Bertz CT molecular complexity index is 474. The number of esters is 1. The first-order valence-corrected chi connectivity index (χ1v) is 7.18. The fourth-order valence-corrected chi connectivity index (χ4v) is 2.49. The lowest BCUT2D eigenvalue weighted by Crippen LogP contribution is -2.49. The van der Waals surface area contributed by atoms with Crippen molar-refractivity contribution in [2.45, 2.75) is 25.3 Å². The Balaban J connectivity index is 1.95. The molecular formula is C16H21NO4. The Kier molecular flexibility index (Phi) is 5.75. The number of methoxy groups -OCH3 is 1. The lowest BCUT2D eigenvalue weighted by molar-refractivity contribution is -0.146. The minimum atomic E-state index is -0.351. The summed E-state index contributed by atoms with van der Waals surface area (Å²) in [5.74, 6) is -0.360. The number of amides is 1. The van der Waals surface area contributed by atoms with E-state index in [2.05, 4.69) is 4.74 Å². The molecule has 0 radical (unpaired) electrons. The molecule has 0 saturated carbocycles. The summed E-state index contributed by atoms with van der Waals surface area (Å²) in [4.78, 5) is 25.3. The first kappa shape index (κ1) is 15.5. The molecule has 5 heteroatoms. The third-order valence-corrected chi connectivity index (χ3v) is 3.63. The van der Waals surface area contributed by atoms with Crippen LogP contribution in [0.1, 0.15) is 18.4 Å². The quantitative estimate of drug-likeness (QED) is 0.770. The van der Waals surface area contributed by atoms with Crippen molar-refractivity contribution in [3.05, 3.63) is 35.9 Å². The molecule has 1 atom stereocenters. The number of benzene rings is 1. The number of morpholine rings is 1. The fourth-order valence-electron chi connectivity index (χ4n) is 2.49. The second-order valence-electron chi connectivity index (χ2n) is 5.08. The van der Waals surface area contributed by atoms with Crippen LogP contribution in [0.5, 0.6) is 0 Å². The standard InChI is InChI=1S/C16H21NO4/c1-20-16(19)8-7-15(18)17-9-10-21-12-14(17)11-13-5-3-2-4-6-13/h2-6,14H,7-12H2,1H3. The summed E-state index contributed by atoms with van der Waals surface area (Å²) in [6.07, 6.45) is 1.09. The highest BCUT2D eigenvalue weighted by molar-refractivity contribution is 5.81. The van der Waals surface area contributed by atoms with Crippen LogP contribution in [-0.4, -0.2) is 49.7 Å². The molecule has 21 heavy (non-hydrogen) atoms. The zero-order chi connectivity index (χ0) is 15.1. The van der Waals surface area contributed by atoms with Crippen LogP contribution in [0.2, 0.25) is 0 Å². The molecule has 1 saturated heterocycles.